The van der Waals surface area contributed by atoms with E-state index >= 15 is 0 Å². The summed E-state index contributed by atoms with van der Waals surface area (Å²) in [7, 11) is 0. The number of aliphatic hydroxyl groups is 1. The van der Waals surface area contributed by atoms with Gasteiger partial charge in [0.25, 0.3) is 5.91 Å². The second-order valence-corrected chi connectivity index (χ2v) is 3.70. The van der Waals surface area contributed by atoms with Gasteiger partial charge in [-0.1, -0.05) is 0 Å². The quantitative estimate of drug-likeness (QED) is 0.557. The molecule has 17 heavy (non-hydrogen) atoms. The first kappa shape index (κ1) is 11.3. The molecule has 1 amide bonds. The highest BCUT2D eigenvalue weighted by Gasteiger charge is 2.40. The molecule has 1 fully saturated rings. The Hall–Kier alpha value is -2.16. The summed E-state index contributed by atoms with van der Waals surface area (Å²) in [5, 5.41) is 24.8. The lowest BCUT2D eigenvalue weighted by Crippen LogP contribution is -2.41. The van der Waals surface area contributed by atoms with Gasteiger partial charge in [0.1, 0.15) is 6.04 Å². The van der Waals surface area contributed by atoms with Crippen LogP contribution in [0.4, 0.5) is 5.82 Å². The van der Waals surface area contributed by atoms with Gasteiger partial charge in [0.2, 0.25) is 11.5 Å². The van der Waals surface area contributed by atoms with Gasteiger partial charge >= 0.3 is 5.97 Å². The number of anilines is 1. The summed E-state index contributed by atoms with van der Waals surface area (Å²) in [5.74, 6) is -2.11. The number of hydrogen-bond acceptors (Lipinski definition) is 7. The number of aliphatic hydroxyl groups excluding tert-OH is 1. The Labute approximate surface area is 94.8 Å². The molecule has 0 spiro atoms. The van der Waals surface area contributed by atoms with Gasteiger partial charge in [-0.25, -0.2) is 9.42 Å². The maximum Gasteiger partial charge on any atom is 0.326 e. The topological polar surface area (TPSA) is 143 Å². The molecule has 2 heterocycles. The van der Waals surface area contributed by atoms with Gasteiger partial charge < -0.3 is 20.8 Å². The van der Waals surface area contributed by atoms with E-state index in [0.717, 1.165) is 4.90 Å². The van der Waals surface area contributed by atoms with Gasteiger partial charge in [0, 0.05) is 13.0 Å². The molecule has 0 unspecified atom stereocenters. The number of aliphatic carboxylic acids is 1. The number of carboxylic acids is 1. The third-order valence-electron chi connectivity index (χ3n) is 2.54. The van der Waals surface area contributed by atoms with Gasteiger partial charge in [-0.2, -0.15) is 0 Å². The molecule has 1 saturated heterocycles. The van der Waals surface area contributed by atoms with Crippen molar-refractivity contribution in [2.24, 2.45) is 0 Å². The molecule has 2 atom stereocenters. The van der Waals surface area contributed by atoms with Crippen LogP contribution >= 0.6 is 0 Å². The summed E-state index contributed by atoms with van der Waals surface area (Å²) in [5.41, 5.74) is 5.10. The minimum absolute atomic E-state index is 0.0216. The van der Waals surface area contributed by atoms with Crippen LogP contribution in [0.1, 0.15) is 16.9 Å². The van der Waals surface area contributed by atoms with E-state index in [9.17, 15) is 14.7 Å². The molecule has 1 aromatic heterocycles. The lowest BCUT2D eigenvalue weighted by atomic mass is 10.2. The van der Waals surface area contributed by atoms with E-state index in [0.29, 0.717) is 0 Å². The van der Waals surface area contributed by atoms with Gasteiger partial charge in [-0.15, -0.1) is 0 Å². The van der Waals surface area contributed by atoms with Crippen LogP contribution in [0.5, 0.6) is 0 Å². The Morgan fingerprint density at radius 1 is 1.47 bits per heavy atom. The second-order valence-electron chi connectivity index (χ2n) is 3.70. The average Bonchev–Trinajstić information content (AvgIpc) is 2.83. The van der Waals surface area contributed by atoms with E-state index in [1.165, 1.54) is 0 Å². The number of nitrogens with two attached hydrogens (primary N) is 1. The van der Waals surface area contributed by atoms with Gasteiger partial charge in [-0.3, -0.25) is 4.79 Å². The molecule has 92 valence electrons. The summed E-state index contributed by atoms with van der Waals surface area (Å²) in [4.78, 5) is 23.8. The zero-order valence-electron chi connectivity index (χ0n) is 8.61. The van der Waals surface area contributed by atoms with Crippen LogP contribution in [-0.2, 0) is 4.79 Å². The fourth-order valence-corrected chi connectivity index (χ4v) is 1.75. The summed E-state index contributed by atoms with van der Waals surface area (Å²) in [6.45, 7) is -0.0812. The van der Waals surface area contributed by atoms with Crippen molar-refractivity contribution in [2.75, 3.05) is 12.3 Å². The first-order valence-electron chi connectivity index (χ1n) is 4.80. The fourth-order valence-electron chi connectivity index (χ4n) is 1.75. The number of rotatable bonds is 2. The molecule has 0 bridgehead atoms. The van der Waals surface area contributed by atoms with Crippen LogP contribution in [-0.4, -0.2) is 56.0 Å². The molecule has 2 rings (SSSR count). The number of nitrogen functional groups attached to an aromatic ring is 1. The van der Waals surface area contributed by atoms with E-state index in [1.54, 1.807) is 0 Å². The summed E-state index contributed by atoms with van der Waals surface area (Å²) < 4.78 is 4.27. The summed E-state index contributed by atoms with van der Waals surface area (Å²) in [6.07, 6.45) is -0.896. The van der Waals surface area contributed by atoms with Crippen LogP contribution in [0.2, 0.25) is 0 Å². The number of nitrogens with zero attached hydrogens (tertiary/aromatic N) is 3. The van der Waals surface area contributed by atoms with Crippen LogP contribution in [0.25, 0.3) is 0 Å². The predicted octanol–water partition coefficient (Wildman–Crippen LogP) is -1.69. The lowest BCUT2D eigenvalue weighted by Gasteiger charge is -2.19. The number of amides is 1. The molecule has 9 heteroatoms. The van der Waals surface area contributed by atoms with Crippen LogP contribution in [0, 0.1) is 0 Å². The van der Waals surface area contributed by atoms with Gasteiger partial charge in [-0.05, 0) is 10.3 Å². The van der Waals surface area contributed by atoms with Crippen molar-refractivity contribution in [3.8, 4) is 0 Å². The smallest absolute Gasteiger partial charge is 0.326 e. The van der Waals surface area contributed by atoms with E-state index in [-0.39, 0.29) is 24.5 Å². The number of aromatic nitrogens is 2. The Balaban J connectivity index is 2.25. The van der Waals surface area contributed by atoms with Crippen molar-refractivity contribution >= 4 is 17.7 Å². The summed E-state index contributed by atoms with van der Waals surface area (Å²) in [6, 6.07) is -1.09. The van der Waals surface area contributed by atoms with Gasteiger partial charge in [0.15, 0.2) is 0 Å². The van der Waals surface area contributed by atoms with Crippen molar-refractivity contribution in [3.63, 3.8) is 0 Å². The second kappa shape index (κ2) is 4.01. The Morgan fingerprint density at radius 3 is 2.71 bits per heavy atom. The molecule has 1 aliphatic rings. The average molecular weight is 242 g/mol. The van der Waals surface area contributed by atoms with E-state index in [2.05, 4.69) is 14.9 Å². The largest absolute Gasteiger partial charge is 0.480 e. The Morgan fingerprint density at radius 2 is 2.18 bits per heavy atom. The predicted molar refractivity (Wildman–Crippen MR) is 51.8 cm³/mol. The fraction of sp³-hybridized carbons (Fsp3) is 0.500. The van der Waals surface area contributed by atoms with Crippen molar-refractivity contribution in [1.29, 1.82) is 0 Å². The van der Waals surface area contributed by atoms with Crippen LogP contribution < -0.4 is 5.73 Å². The molecule has 0 saturated carbocycles. The lowest BCUT2D eigenvalue weighted by molar-refractivity contribution is -0.141. The van der Waals surface area contributed by atoms with E-state index in [1.807, 2.05) is 0 Å². The van der Waals surface area contributed by atoms with E-state index in [4.69, 9.17) is 10.8 Å². The maximum absolute atomic E-state index is 11.9. The standard InChI is InChI=1S/C8H10N4O5/c9-6-5(10-17-11-6)7(14)12-2-3(13)1-4(12)8(15)16/h3-4,13H,1-2H2,(H2,9,11)(H,15,16)/t3-,4+/m1/s1. The van der Waals surface area contributed by atoms with Gasteiger partial charge in [0.05, 0.1) is 6.10 Å². The molecular formula is C8H10N4O5. The van der Waals surface area contributed by atoms with Crippen molar-refractivity contribution in [1.82, 2.24) is 15.2 Å². The number of carbonyl (C=O) groups excluding carboxylic acids is 1. The van der Waals surface area contributed by atoms with Crippen molar-refractivity contribution < 1.29 is 24.4 Å². The highest BCUT2D eigenvalue weighted by molar-refractivity contribution is 5.98. The first-order chi connectivity index (χ1) is 8.00. The molecule has 4 N–H and O–H groups in total. The molecule has 0 aliphatic carbocycles. The van der Waals surface area contributed by atoms with Crippen molar-refractivity contribution in [3.05, 3.63) is 5.69 Å². The Kier molecular flexibility index (Phi) is 2.68. The number of carboxylic acid groups (broad SMARTS) is 1. The zero-order valence-corrected chi connectivity index (χ0v) is 8.61. The minimum atomic E-state index is -1.19. The monoisotopic (exact) mass is 242 g/mol. The molecule has 9 nitrogen and oxygen atoms in total. The number of likely N-dealkylation sites (tertiary alicyclic amines) is 1. The number of β-amino-alcohol motifs (C(OH)–C–C–N with tert-alkyl or cyclic N) is 1. The van der Waals surface area contributed by atoms with Crippen molar-refractivity contribution in [2.45, 2.75) is 18.6 Å². The zero-order chi connectivity index (χ0) is 12.6. The highest BCUT2D eigenvalue weighted by atomic mass is 16.6. The first-order valence-corrected chi connectivity index (χ1v) is 4.80. The molecule has 0 aromatic carbocycles. The molecule has 1 aromatic rings. The number of hydrogen-bond donors (Lipinski definition) is 3. The summed E-state index contributed by atoms with van der Waals surface area (Å²) >= 11 is 0. The normalized spacial score (nSPS) is 23.9. The Bertz CT molecular complexity index is 459. The maximum atomic E-state index is 11.9. The molecular weight excluding hydrogens is 232 g/mol. The molecule has 1 aliphatic heterocycles. The van der Waals surface area contributed by atoms with Crippen LogP contribution in [0.3, 0.4) is 0 Å². The minimum Gasteiger partial charge on any atom is -0.480 e. The van der Waals surface area contributed by atoms with E-state index < -0.39 is 24.0 Å². The SMILES string of the molecule is Nc1nonc1C(=O)N1C[C@H](O)C[C@H]1C(=O)O. The highest BCUT2D eigenvalue weighted by Crippen LogP contribution is 2.21. The third kappa shape index (κ3) is 1.91. The number of carbonyl (C=O) groups is 2. The third-order valence-corrected chi connectivity index (χ3v) is 2.54. The molecule has 0 radical (unpaired) electrons. The van der Waals surface area contributed by atoms with Crippen LogP contribution in [0.15, 0.2) is 4.63 Å².